The van der Waals surface area contributed by atoms with Crippen LogP contribution in [0.15, 0.2) is 36.7 Å². The van der Waals surface area contributed by atoms with Gasteiger partial charge in [0.05, 0.1) is 19.4 Å². The topological polar surface area (TPSA) is 81.6 Å². The second-order valence-corrected chi connectivity index (χ2v) is 7.61. The van der Waals surface area contributed by atoms with E-state index in [-0.39, 0.29) is 30.2 Å². The number of sulfonamides is 1. The molecule has 7 nitrogen and oxygen atoms in total. The van der Waals surface area contributed by atoms with Crippen LogP contribution < -0.4 is 9.47 Å². The van der Waals surface area contributed by atoms with Gasteiger partial charge < -0.3 is 9.47 Å². The third kappa shape index (κ3) is 4.23. The lowest BCUT2D eigenvalue weighted by Gasteiger charge is -2.17. The summed E-state index contributed by atoms with van der Waals surface area (Å²) in [6.07, 6.45) is 3.19. The minimum Gasteiger partial charge on any atom is -0.477 e. The van der Waals surface area contributed by atoms with Crippen molar-refractivity contribution < 1.29 is 22.3 Å². The molecule has 2 aromatic rings. The number of hydrogen-bond acceptors (Lipinski definition) is 6. The molecule has 134 valence electrons. The van der Waals surface area contributed by atoms with Crippen LogP contribution in [0.5, 0.6) is 11.8 Å². The fourth-order valence-electron chi connectivity index (χ4n) is 2.62. The van der Waals surface area contributed by atoms with Gasteiger partial charge in [0, 0.05) is 18.9 Å². The summed E-state index contributed by atoms with van der Waals surface area (Å²) in [5, 5.41) is 0. The van der Waals surface area contributed by atoms with Crippen LogP contribution in [0.25, 0.3) is 0 Å². The van der Waals surface area contributed by atoms with E-state index in [4.69, 9.17) is 9.47 Å². The third-order valence-corrected chi connectivity index (χ3v) is 5.68. The maximum absolute atomic E-state index is 12.9. The summed E-state index contributed by atoms with van der Waals surface area (Å²) >= 11 is 0. The van der Waals surface area contributed by atoms with E-state index in [1.54, 1.807) is 0 Å². The zero-order valence-electron chi connectivity index (χ0n) is 13.6. The smallest absolute Gasteiger partial charge is 0.278 e. The Bertz CT molecular complexity index is 830. The van der Waals surface area contributed by atoms with Crippen molar-refractivity contribution >= 4 is 10.0 Å². The van der Waals surface area contributed by atoms with E-state index >= 15 is 0 Å². The molecule has 1 aromatic heterocycles. The van der Waals surface area contributed by atoms with Gasteiger partial charge in [0.2, 0.25) is 10.0 Å². The number of ether oxygens (including phenoxy) is 2. The Kier molecular flexibility index (Phi) is 5.14. The molecule has 0 radical (unpaired) electrons. The highest BCUT2D eigenvalue weighted by Crippen LogP contribution is 2.25. The van der Waals surface area contributed by atoms with E-state index in [2.05, 4.69) is 9.97 Å². The fraction of sp³-hybridized carbons (Fsp3) is 0.375. The Labute approximate surface area is 145 Å². The summed E-state index contributed by atoms with van der Waals surface area (Å²) < 4.78 is 50.2. The predicted octanol–water partition coefficient (Wildman–Crippen LogP) is 1.61. The van der Waals surface area contributed by atoms with Gasteiger partial charge in [-0.2, -0.15) is 4.31 Å². The number of methoxy groups -OCH3 is 1. The van der Waals surface area contributed by atoms with Crippen LogP contribution in [0, 0.1) is 5.82 Å². The van der Waals surface area contributed by atoms with Crippen LogP contribution in [-0.4, -0.2) is 49.0 Å². The largest absolute Gasteiger partial charge is 0.477 e. The highest BCUT2D eigenvalue weighted by Gasteiger charge is 2.33. The Morgan fingerprint density at radius 1 is 1.20 bits per heavy atom. The quantitative estimate of drug-likeness (QED) is 0.772. The molecule has 1 fully saturated rings. The van der Waals surface area contributed by atoms with Gasteiger partial charge in [-0.3, -0.25) is 0 Å². The van der Waals surface area contributed by atoms with E-state index in [0.29, 0.717) is 18.5 Å². The summed E-state index contributed by atoms with van der Waals surface area (Å²) in [5.74, 6) is -0.0642. The third-order valence-electron chi connectivity index (χ3n) is 3.87. The molecule has 0 amide bonds. The summed E-state index contributed by atoms with van der Waals surface area (Å²) in [7, 11) is -2.04. The summed E-state index contributed by atoms with van der Waals surface area (Å²) in [4.78, 5) is 8.06. The van der Waals surface area contributed by atoms with Gasteiger partial charge in [-0.1, -0.05) is 12.1 Å². The highest BCUT2D eigenvalue weighted by molar-refractivity contribution is 7.88. The van der Waals surface area contributed by atoms with Crippen molar-refractivity contribution in [3.8, 4) is 11.8 Å². The molecule has 3 rings (SSSR count). The standard InChI is InChI=1S/C16H18FN3O4S/c1-23-15-16(19-8-7-18-15)24-14-6-9-20(10-14)25(21,22)11-12-2-4-13(17)5-3-12/h2-5,7-8,14H,6,9-11H2,1H3. The molecule has 0 spiro atoms. The monoisotopic (exact) mass is 367 g/mol. The minimum absolute atomic E-state index is 0.172. The van der Waals surface area contributed by atoms with Gasteiger partial charge in [0.15, 0.2) is 0 Å². The van der Waals surface area contributed by atoms with Gasteiger partial charge in [-0.15, -0.1) is 0 Å². The molecule has 0 aliphatic carbocycles. The van der Waals surface area contributed by atoms with Crippen molar-refractivity contribution in [1.82, 2.24) is 14.3 Å². The molecule has 9 heteroatoms. The van der Waals surface area contributed by atoms with Gasteiger partial charge in [-0.05, 0) is 24.1 Å². The van der Waals surface area contributed by atoms with E-state index in [0.717, 1.165) is 0 Å². The zero-order chi connectivity index (χ0) is 17.9. The average molecular weight is 367 g/mol. The van der Waals surface area contributed by atoms with Gasteiger partial charge in [-0.25, -0.2) is 22.8 Å². The fourth-order valence-corrected chi connectivity index (χ4v) is 4.19. The maximum Gasteiger partial charge on any atom is 0.278 e. The number of aromatic nitrogens is 2. The summed E-state index contributed by atoms with van der Waals surface area (Å²) in [6.45, 7) is 0.583. The molecule has 1 aliphatic rings. The maximum atomic E-state index is 12.9. The van der Waals surface area contributed by atoms with Crippen molar-refractivity contribution in [2.75, 3.05) is 20.2 Å². The van der Waals surface area contributed by atoms with Crippen molar-refractivity contribution in [3.05, 3.63) is 48.0 Å². The zero-order valence-corrected chi connectivity index (χ0v) is 14.4. The van der Waals surface area contributed by atoms with Crippen molar-refractivity contribution in [1.29, 1.82) is 0 Å². The first-order valence-electron chi connectivity index (χ1n) is 7.72. The lowest BCUT2D eigenvalue weighted by molar-refractivity contribution is 0.194. The number of hydrogen-bond donors (Lipinski definition) is 0. The number of benzene rings is 1. The first-order chi connectivity index (χ1) is 12.0. The molecule has 1 unspecified atom stereocenters. The van der Waals surface area contributed by atoms with Crippen molar-refractivity contribution in [2.24, 2.45) is 0 Å². The van der Waals surface area contributed by atoms with Crippen LogP contribution in [0.3, 0.4) is 0 Å². The molecular formula is C16H18FN3O4S. The molecule has 0 bridgehead atoms. The Balaban J connectivity index is 1.64. The Morgan fingerprint density at radius 2 is 1.88 bits per heavy atom. The molecule has 1 aliphatic heterocycles. The number of halogens is 1. The first-order valence-corrected chi connectivity index (χ1v) is 9.33. The SMILES string of the molecule is COc1nccnc1OC1CCN(S(=O)(=O)Cc2ccc(F)cc2)C1. The van der Waals surface area contributed by atoms with Gasteiger partial charge in [0.1, 0.15) is 11.9 Å². The van der Waals surface area contributed by atoms with Crippen LogP contribution >= 0.6 is 0 Å². The molecule has 0 saturated carbocycles. The molecule has 2 heterocycles. The van der Waals surface area contributed by atoms with E-state index in [9.17, 15) is 12.8 Å². The lowest BCUT2D eigenvalue weighted by Crippen LogP contribution is -2.32. The van der Waals surface area contributed by atoms with Gasteiger partial charge >= 0.3 is 0 Å². The number of nitrogens with zero attached hydrogens (tertiary/aromatic N) is 3. The number of rotatable bonds is 6. The highest BCUT2D eigenvalue weighted by atomic mass is 32.2. The van der Waals surface area contributed by atoms with E-state index in [1.807, 2.05) is 0 Å². The van der Waals surface area contributed by atoms with Crippen LogP contribution in [0.2, 0.25) is 0 Å². The molecular weight excluding hydrogens is 349 g/mol. The summed E-state index contributed by atoms with van der Waals surface area (Å²) in [6, 6.07) is 5.45. The van der Waals surface area contributed by atoms with Crippen molar-refractivity contribution in [3.63, 3.8) is 0 Å². The second kappa shape index (κ2) is 7.32. The van der Waals surface area contributed by atoms with Crippen LogP contribution in [-0.2, 0) is 15.8 Å². The molecule has 1 atom stereocenters. The van der Waals surface area contributed by atoms with Gasteiger partial charge in [0.25, 0.3) is 11.8 Å². The normalized spacial score (nSPS) is 18.2. The molecule has 25 heavy (non-hydrogen) atoms. The van der Waals surface area contributed by atoms with Crippen molar-refractivity contribution in [2.45, 2.75) is 18.3 Å². The van der Waals surface area contributed by atoms with E-state index < -0.39 is 15.8 Å². The first kappa shape index (κ1) is 17.6. The Morgan fingerprint density at radius 3 is 2.56 bits per heavy atom. The predicted molar refractivity (Wildman–Crippen MR) is 88.2 cm³/mol. The van der Waals surface area contributed by atoms with Crippen LogP contribution in [0.4, 0.5) is 4.39 Å². The molecule has 0 N–H and O–H groups in total. The average Bonchev–Trinajstić information content (AvgIpc) is 3.07. The van der Waals surface area contributed by atoms with Crippen LogP contribution in [0.1, 0.15) is 12.0 Å². The molecule has 1 aromatic carbocycles. The van der Waals surface area contributed by atoms with E-state index in [1.165, 1.54) is 48.1 Å². The Hall–Kier alpha value is -2.26. The second-order valence-electron chi connectivity index (χ2n) is 5.64. The minimum atomic E-state index is -3.50. The lowest BCUT2D eigenvalue weighted by atomic mass is 10.2. The summed E-state index contributed by atoms with van der Waals surface area (Å²) in [5.41, 5.74) is 0.543. The molecule has 1 saturated heterocycles.